The fourth-order valence-electron chi connectivity index (χ4n) is 2.74. The molecular weight excluding hydrogens is 320 g/mol. The number of hydrogen-bond donors (Lipinski definition) is 0. The van der Waals surface area contributed by atoms with Crippen molar-refractivity contribution in [3.8, 4) is 17.1 Å². The lowest BCUT2D eigenvalue weighted by Gasteiger charge is -2.37. The van der Waals surface area contributed by atoms with Gasteiger partial charge in [0.1, 0.15) is 5.75 Å². The number of likely N-dealkylation sites (tertiary alicyclic amines) is 1. The molecule has 7 nitrogen and oxygen atoms in total. The highest BCUT2D eigenvalue weighted by molar-refractivity contribution is 5.95. The Balaban J connectivity index is 1.40. The maximum atomic E-state index is 12.4. The molecule has 1 fully saturated rings. The average molecular weight is 336 g/mol. The smallest absolute Gasteiger partial charge is 0.253 e. The van der Waals surface area contributed by atoms with Crippen LogP contribution in [0, 0.1) is 0 Å². The fraction of sp³-hybridized carbons (Fsp3) is 0.222. The van der Waals surface area contributed by atoms with Gasteiger partial charge in [-0.05, 0) is 36.4 Å². The number of amides is 1. The van der Waals surface area contributed by atoms with Crippen molar-refractivity contribution < 1.29 is 14.1 Å². The summed E-state index contributed by atoms with van der Waals surface area (Å²) >= 11 is 0. The van der Waals surface area contributed by atoms with Crippen LogP contribution in [0.4, 0.5) is 0 Å². The standard InChI is InChI=1S/C18H16N4O3/c1-24-15-4-2-13(3-5-15)18(23)22-10-14(11-22)17-20-16(21-25-17)12-6-8-19-9-7-12/h2-9,14H,10-11H2,1H3. The second-order valence-electron chi connectivity index (χ2n) is 5.83. The molecule has 0 unspecified atom stereocenters. The Bertz CT molecular complexity index is 871. The van der Waals surface area contributed by atoms with Crippen LogP contribution < -0.4 is 4.74 Å². The minimum atomic E-state index is -0.00669. The molecule has 0 bridgehead atoms. The number of carbonyl (C=O) groups is 1. The molecule has 0 aliphatic carbocycles. The summed E-state index contributed by atoms with van der Waals surface area (Å²) in [5, 5.41) is 4.01. The van der Waals surface area contributed by atoms with Crippen molar-refractivity contribution >= 4 is 5.91 Å². The van der Waals surface area contributed by atoms with E-state index >= 15 is 0 Å². The van der Waals surface area contributed by atoms with E-state index in [-0.39, 0.29) is 11.8 Å². The highest BCUT2D eigenvalue weighted by Gasteiger charge is 2.36. The molecule has 1 saturated heterocycles. The zero-order valence-corrected chi connectivity index (χ0v) is 13.6. The number of ether oxygens (including phenoxy) is 1. The second kappa shape index (κ2) is 6.35. The SMILES string of the molecule is COc1ccc(C(=O)N2CC(c3nc(-c4ccncc4)no3)C2)cc1. The van der Waals surface area contributed by atoms with Crippen LogP contribution in [0.3, 0.4) is 0 Å². The van der Waals surface area contributed by atoms with E-state index in [0.717, 1.165) is 11.3 Å². The first-order valence-corrected chi connectivity index (χ1v) is 7.92. The highest BCUT2D eigenvalue weighted by Crippen LogP contribution is 2.29. The molecule has 0 atom stereocenters. The molecular formula is C18H16N4O3. The molecule has 1 amide bonds. The van der Waals surface area contributed by atoms with Crippen molar-refractivity contribution in [3.63, 3.8) is 0 Å². The van der Waals surface area contributed by atoms with Gasteiger partial charge in [0.25, 0.3) is 5.91 Å². The van der Waals surface area contributed by atoms with E-state index in [1.54, 1.807) is 48.7 Å². The number of rotatable bonds is 4. The fourth-order valence-corrected chi connectivity index (χ4v) is 2.74. The molecule has 3 aromatic rings. The third-order valence-electron chi connectivity index (χ3n) is 4.24. The Labute approximate surface area is 144 Å². The Kier molecular flexibility index (Phi) is 3.89. The second-order valence-corrected chi connectivity index (χ2v) is 5.83. The van der Waals surface area contributed by atoms with E-state index < -0.39 is 0 Å². The van der Waals surface area contributed by atoms with E-state index in [4.69, 9.17) is 9.26 Å². The van der Waals surface area contributed by atoms with Gasteiger partial charge in [-0.2, -0.15) is 4.98 Å². The molecule has 1 aromatic carbocycles. The highest BCUT2D eigenvalue weighted by atomic mass is 16.5. The minimum absolute atomic E-state index is 0.00669. The predicted octanol–water partition coefficient (Wildman–Crippen LogP) is 2.38. The quantitative estimate of drug-likeness (QED) is 0.727. The summed E-state index contributed by atoms with van der Waals surface area (Å²) in [5.41, 5.74) is 1.50. The summed E-state index contributed by atoms with van der Waals surface area (Å²) < 4.78 is 10.5. The molecule has 0 N–H and O–H groups in total. The lowest BCUT2D eigenvalue weighted by Crippen LogP contribution is -2.48. The first kappa shape index (κ1) is 15.3. The molecule has 2 aromatic heterocycles. The van der Waals surface area contributed by atoms with Crippen LogP contribution in [-0.2, 0) is 0 Å². The van der Waals surface area contributed by atoms with E-state index in [2.05, 4.69) is 15.1 Å². The summed E-state index contributed by atoms with van der Waals surface area (Å²) in [4.78, 5) is 22.6. The third-order valence-corrected chi connectivity index (χ3v) is 4.24. The molecule has 0 radical (unpaired) electrons. The van der Waals surface area contributed by atoms with Crippen LogP contribution in [0.15, 0.2) is 53.3 Å². The van der Waals surface area contributed by atoms with Gasteiger partial charge >= 0.3 is 0 Å². The zero-order valence-electron chi connectivity index (χ0n) is 13.6. The Morgan fingerprint density at radius 2 is 1.88 bits per heavy atom. The number of aromatic nitrogens is 3. The van der Waals surface area contributed by atoms with Crippen LogP contribution in [0.1, 0.15) is 22.2 Å². The summed E-state index contributed by atoms with van der Waals surface area (Å²) in [6.45, 7) is 1.14. The Morgan fingerprint density at radius 1 is 1.16 bits per heavy atom. The number of benzene rings is 1. The molecule has 0 spiro atoms. The lowest BCUT2D eigenvalue weighted by molar-refractivity contribution is 0.0569. The molecule has 0 saturated carbocycles. The normalized spacial score (nSPS) is 14.2. The maximum absolute atomic E-state index is 12.4. The topological polar surface area (TPSA) is 81.4 Å². The van der Waals surface area contributed by atoms with Gasteiger partial charge in [-0.3, -0.25) is 9.78 Å². The zero-order chi connectivity index (χ0) is 17.2. The van der Waals surface area contributed by atoms with E-state index in [0.29, 0.717) is 30.4 Å². The average Bonchev–Trinajstić information content (AvgIpc) is 3.11. The summed E-state index contributed by atoms with van der Waals surface area (Å²) in [6.07, 6.45) is 3.37. The maximum Gasteiger partial charge on any atom is 0.253 e. The van der Waals surface area contributed by atoms with Crippen LogP contribution in [0.2, 0.25) is 0 Å². The van der Waals surface area contributed by atoms with E-state index in [9.17, 15) is 4.79 Å². The summed E-state index contributed by atoms with van der Waals surface area (Å²) in [6, 6.07) is 10.8. The number of methoxy groups -OCH3 is 1. The van der Waals surface area contributed by atoms with Crippen molar-refractivity contribution in [1.29, 1.82) is 0 Å². The van der Waals surface area contributed by atoms with Crippen LogP contribution in [0.25, 0.3) is 11.4 Å². The van der Waals surface area contributed by atoms with E-state index in [1.807, 2.05) is 12.1 Å². The number of hydrogen-bond acceptors (Lipinski definition) is 6. The Hall–Kier alpha value is -3.22. The van der Waals surface area contributed by atoms with Gasteiger partial charge in [0.05, 0.1) is 13.0 Å². The van der Waals surface area contributed by atoms with Gasteiger partial charge in [-0.1, -0.05) is 5.16 Å². The molecule has 1 aliphatic heterocycles. The van der Waals surface area contributed by atoms with Crippen LogP contribution in [0.5, 0.6) is 5.75 Å². The van der Waals surface area contributed by atoms with Crippen molar-refractivity contribution in [3.05, 3.63) is 60.2 Å². The summed E-state index contributed by atoms with van der Waals surface area (Å²) in [5.74, 6) is 1.90. The minimum Gasteiger partial charge on any atom is -0.497 e. The van der Waals surface area contributed by atoms with Gasteiger partial charge in [-0.25, -0.2) is 0 Å². The van der Waals surface area contributed by atoms with Crippen molar-refractivity contribution in [1.82, 2.24) is 20.0 Å². The molecule has 25 heavy (non-hydrogen) atoms. The Morgan fingerprint density at radius 3 is 2.56 bits per heavy atom. The number of pyridine rings is 1. The lowest BCUT2D eigenvalue weighted by atomic mass is 9.98. The van der Waals surface area contributed by atoms with Crippen LogP contribution >= 0.6 is 0 Å². The summed E-state index contributed by atoms with van der Waals surface area (Å²) in [7, 11) is 1.60. The van der Waals surface area contributed by atoms with Crippen LogP contribution in [-0.4, -0.2) is 46.1 Å². The predicted molar refractivity (Wildman–Crippen MR) is 89.2 cm³/mol. The first-order valence-electron chi connectivity index (χ1n) is 7.92. The van der Waals surface area contributed by atoms with Gasteiger partial charge in [0.2, 0.25) is 11.7 Å². The largest absolute Gasteiger partial charge is 0.497 e. The van der Waals surface area contributed by atoms with Gasteiger partial charge in [-0.15, -0.1) is 0 Å². The number of carbonyl (C=O) groups excluding carboxylic acids is 1. The van der Waals surface area contributed by atoms with Crippen molar-refractivity contribution in [2.75, 3.05) is 20.2 Å². The molecule has 4 rings (SSSR count). The van der Waals surface area contributed by atoms with Gasteiger partial charge in [0.15, 0.2) is 0 Å². The first-order chi connectivity index (χ1) is 12.2. The third kappa shape index (κ3) is 2.96. The van der Waals surface area contributed by atoms with Gasteiger partial charge in [0, 0.05) is 36.6 Å². The van der Waals surface area contributed by atoms with Crippen molar-refractivity contribution in [2.45, 2.75) is 5.92 Å². The van der Waals surface area contributed by atoms with Crippen molar-refractivity contribution in [2.24, 2.45) is 0 Å². The molecule has 126 valence electrons. The molecule has 1 aliphatic rings. The molecule has 3 heterocycles. The monoisotopic (exact) mass is 336 g/mol. The molecule has 7 heteroatoms. The number of nitrogens with zero attached hydrogens (tertiary/aromatic N) is 4. The van der Waals surface area contributed by atoms with E-state index in [1.165, 1.54) is 0 Å². The van der Waals surface area contributed by atoms with Gasteiger partial charge < -0.3 is 14.2 Å².